The third-order valence-corrected chi connectivity index (χ3v) is 6.75. The van der Waals surface area contributed by atoms with Gasteiger partial charge in [0, 0.05) is 20.0 Å². The van der Waals surface area contributed by atoms with Crippen LogP contribution in [0.4, 0.5) is 0 Å². The van der Waals surface area contributed by atoms with Crippen LogP contribution < -0.4 is 32.7 Å². The average molecular weight is 619 g/mol. The predicted octanol–water partition coefficient (Wildman–Crippen LogP) is -2.97. The lowest BCUT2D eigenvalue weighted by Gasteiger charge is -2.32. The zero-order valence-corrected chi connectivity index (χ0v) is 24.3. The second-order valence-corrected chi connectivity index (χ2v) is 10.2. The fraction of sp³-hybridized carbons (Fsp3) is 0.481. The Morgan fingerprint density at radius 3 is 2.02 bits per heavy atom. The molecule has 2 rings (SSSR count). The summed E-state index contributed by atoms with van der Waals surface area (Å²) in [6, 6.07) is 1.21. The van der Waals surface area contributed by atoms with Crippen LogP contribution in [-0.2, 0) is 40.0 Å². The van der Waals surface area contributed by atoms with Crippen molar-refractivity contribution in [2.75, 3.05) is 13.6 Å². The van der Waals surface area contributed by atoms with E-state index in [9.17, 15) is 43.8 Å². The number of benzene rings is 1. The number of aliphatic imine (C=N–C) groups is 1. The van der Waals surface area contributed by atoms with Crippen LogP contribution in [0.3, 0.4) is 0 Å². The fourth-order valence-electron chi connectivity index (χ4n) is 4.36. The van der Waals surface area contributed by atoms with Crippen LogP contribution in [0, 0.1) is 0 Å². The Morgan fingerprint density at radius 2 is 1.45 bits per heavy atom. The number of nitrogens with zero attached hydrogens (tertiary/aromatic N) is 2. The Labute approximate surface area is 252 Å². The number of aliphatic carboxylic acids is 2. The second kappa shape index (κ2) is 16.4. The van der Waals surface area contributed by atoms with E-state index in [1.54, 1.807) is 30.3 Å². The second-order valence-electron chi connectivity index (χ2n) is 10.2. The van der Waals surface area contributed by atoms with Gasteiger partial charge in [-0.3, -0.25) is 29.0 Å². The maximum absolute atomic E-state index is 13.8. The number of carbonyl (C=O) groups excluding carboxylic acids is 5. The number of carboxylic acid groups (broad SMARTS) is 2. The molecule has 1 aromatic rings. The number of nitrogens with two attached hydrogens (primary N) is 2. The van der Waals surface area contributed by atoms with Gasteiger partial charge in [0.2, 0.25) is 29.5 Å². The smallest absolute Gasteiger partial charge is 0.326 e. The largest absolute Gasteiger partial charge is 0.480 e. The highest BCUT2D eigenvalue weighted by Gasteiger charge is 2.36. The molecule has 240 valence electrons. The summed E-state index contributed by atoms with van der Waals surface area (Å²) in [5, 5.41) is 28.4. The third-order valence-electron chi connectivity index (χ3n) is 6.75. The van der Waals surface area contributed by atoms with E-state index in [0.29, 0.717) is 5.56 Å². The molecule has 1 aliphatic heterocycles. The molecular formula is C27H38N8O9. The van der Waals surface area contributed by atoms with Crippen molar-refractivity contribution in [3.8, 4) is 0 Å². The van der Waals surface area contributed by atoms with Crippen molar-refractivity contribution < 1.29 is 43.8 Å². The molecule has 1 saturated heterocycles. The van der Waals surface area contributed by atoms with Crippen molar-refractivity contribution in [1.29, 1.82) is 0 Å². The number of hydrogen-bond acceptors (Lipinski definition) is 8. The minimum absolute atomic E-state index is 0.0172. The lowest BCUT2D eigenvalue weighted by Crippen LogP contribution is -2.58. The standard InChI is InChI=1S/C27H38N8O9/c1-14-22(38)33-16(9-6-10-30-27(28)29)24(40)35(2)19(11-15-7-4-3-5-8-15)23(39)34-18(26(43)44)13-21(37)32-17(25(41)42)12-20(36)31-14/h3-5,7-8,14,16-19H,6,9-13H2,1-2H3,(H,31,36)(H,32,37)(H,33,38)(H,34,39)(H,41,42)(H,43,44)(H4,28,29,30)/t14-,16+,17+,18+,19+/m1/s1. The number of nitrogens with one attached hydrogen (secondary N) is 4. The number of guanidine groups is 1. The molecule has 1 fully saturated rings. The van der Waals surface area contributed by atoms with Crippen LogP contribution >= 0.6 is 0 Å². The molecule has 10 N–H and O–H groups in total. The van der Waals surface area contributed by atoms with Gasteiger partial charge in [-0.1, -0.05) is 30.3 Å². The van der Waals surface area contributed by atoms with Gasteiger partial charge in [0.15, 0.2) is 5.96 Å². The summed E-state index contributed by atoms with van der Waals surface area (Å²) < 4.78 is 0. The molecule has 5 atom stereocenters. The molecule has 0 radical (unpaired) electrons. The number of amides is 5. The van der Waals surface area contributed by atoms with Crippen LogP contribution in [0.2, 0.25) is 0 Å². The van der Waals surface area contributed by atoms with Gasteiger partial charge in [-0.2, -0.15) is 0 Å². The third kappa shape index (κ3) is 10.9. The van der Waals surface area contributed by atoms with Gasteiger partial charge < -0.3 is 47.8 Å². The van der Waals surface area contributed by atoms with Crippen molar-refractivity contribution in [2.24, 2.45) is 16.5 Å². The highest BCUT2D eigenvalue weighted by molar-refractivity contribution is 5.97. The molecule has 0 aliphatic carbocycles. The highest BCUT2D eigenvalue weighted by Crippen LogP contribution is 2.13. The number of rotatable bonds is 8. The zero-order chi connectivity index (χ0) is 33.0. The molecular weight excluding hydrogens is 580 g/mol. The lowest BCUT2D eigenvalue weighted by atomic mass is 10.0. The molecule has 0 saturated carbocycles. The highest BCUT2D eigenvalue weighted by atomic mass is 16.4. The zero-order valence-electron chi connectivity index (χ0n) is 24.3. The number of carboxylic acids is 2. The first-order valence-electron chi connectivity index (χ1n) is 13.7. The predicted molar refractivity (Wildman–Crippen MR) is 155 cm³/mol. The molecule has 44 heavy (non-hydrogen) atoms. The van der Waals surface area contributed by atoms with Gasteiger partial charge >= 0.3 is 11.9 Å². The van der Waals surface area contributed by atoms with Crippen LogP contribution in [0.15, 0.2) is 35.3 Å². The van der Waals surface area contributed by atoms with Crippen LogP contribution in [0.1, 0.15) is 38.2 Å². The molecule has 0 aromatic heterocycles. The summed E-state index contributed by atoms with van der Waals surface area (Å²) >= 11 is 0. The molecule has 1 aromatic carbocycles. The summed E-state index contributed by atoms with van der Waals surface area (Å²) in [4.78, 5) is 94.2. The molecule has 5 amide bonds. The van der Waals surface area contributed by atoms with Crippen LogP contribution in [0.5, 0.6) is 0 Å². The Balaban J connectivity index is 2.53. The SMILES string of the molecule is C[C@H]1NC(=O)C[C@@H](C(=O)O)NC(=O)C[C@@H](C(=O)O)NC(=O)[C@H](Cc2ccccc2)N(C)C(=O)[C@H](CCCN=C(N)N)NC1=O. The number of hydrogen-bond donors (Lipinski definition) is 8. The average Bonchev–Trinajstić information content (AvgIpc) is 2.95. The summed E-state index contributed by atoms with van der Waals surface area (Å²) in [5.41, 5.74) is 11.3. The molecule has 0 spiro atoms. The van der Waals surface area contributed by atoms with E-state index >= 15 is 0 Å². The van der Waals surface area contributed by atoms with Gasteiger partial charge in [-0.25, -0.2) is 9.59 Å². The fourth-order valence-corrected chi connectivity index (χ4v) is 4.36. The maximum atomic E-state index is 13.8. The van der Waals surface area contributed by atoms with Crippen molar-refractivity contribution in [2.45, 2.75) is 69.2 Å². The van der Waals surface area contributed by atoms with Crippen molar-refractivity contribution in [3.05, 3.63) is 35.9 Å². The normalized spacial score (nSPS) is 24.2. The van der Waals surface area contributed by atoms with Gasteiger partial charge in [0.1, 0.15) is 30.2 Å². The Morgan fingerprint density at radius 1 is 0.886 bits per heavy atom. The summed E-state index contributed by atoms with van der Waals surface area (Å²) in [6.45, 7) is 1.42. The lowest BCUT2D eigenvalue weighted by molar-refractivity contribution is -0.147. The van der Waals surface area contributed by atoms with E-state index in [1.165, 1.54) is 14.0 Å². The monoisotopic (exact) mass is 618 g/mol. The van der Waals surface area contributed by atoms with E-state index in [4.69, 9.17) is 11.5 Å². The quantitative estimate of drug-likeness (QED) is 0.0827. The minimum Gasteiger partial charge on any atom is -0.480 e. The first-order valence-corrected chi connectivity index (χ1v) is 13.7. The van der Waals surface area contributed by atoms with E-state index in [2.05, 4.69) is 26.3 Å². The van der Waals surface area contributed by atoms with Crippen LogP contribution in [-0.4, -0.2) is 106 Å². The summed E-state index contributed by atoms with van der Waals surface area (Å²) in [6.07, 6.45) is -1.47. The number of likely N-dealkylation sites (N-methyl/N-ethyl adjacent to an activating group) is 1. The molecule has 0 unspecified atom stereocenters. The Bertz CT molecular complexity index is 1270. The Hall–Kier alpha value is -5.22. The first-order chi connectivity index (χ1) is 20.7. The molecule has 0 bridgehead atoms. The topological polar surface area (TPSA) is 276 Å². The van der Waals surface area contributed by atoms with E-state index in [1.807, 2.05) is 0 Å². The summed E-state index contributed by atoms with van der Waals surface area (Å²) in [7, 11) is 1.31. The van der Waals surface area contributed by atoms with Gasteiger partial charge in [0.25, 0.3) is 0 Å². The van der Waals surface area contributed by atoms with E-state index in [-0.39, 0.29) is 31.8 Å². The Kier molecular flexibility index (Phi) is 13.1. The van der Waals surface area contributed by atoms with Crippen molar-refractivity contribution in [1.82, 2.24) is 26.2 Å². The molecule has 1 heterocycles. The van der Waals surface area contributed by atoms with Crippen molar-refractivity contribution in [3.63, 3.8) is 0 Å². The van der Waals surface area contributed by atoms with Crippen LogP contribution in [0.25, 0.3) is 0 Å². The van der Waals surface area contributed by atoms with Crippen molar-refractivity contribution >= 4 is 47.4 Å². The molecule has 17 heteroatoms. The van der Waals surface area contributed by atoms with E-state index in [0.717, 1.165) is 4.90 Å². The summed E-state index contributed by atoms with van der Waals surface area (Å²) in [5.74, 6) is -7.76. The van der Waals surface area contributed by atoms with Gasteiger partial charge in [-0.15, -0.1) is 0 Å². The minimum atomic E-state index is -1.81. The maximum Gasteiger partial charge on any atom is 0.326 e. The van der Waals surface area contributed by atoms with Gasteiger partial charge in [0.05, 0.1) is 12.8 Å². The van der Waals surface area contributed by atoms with E-state index < -0.39 is 84.5 Å². The first kappa shape index (κ1) is 35.0. The molecule has 17 nitrogen and oxygen atoms in total. The number of carbonyl (C=O) groups is 7. The van der Waals surface area contributed by atoms with Gasteiger partial charge in [-0.05, 0) is 25.3 Å². The molecule has 1 aliphatic rings.